The fraction of sp³-hybridized carbons (Fsp3) is 0.182. The lowest BCUT2D eigenvalue weighted by Crippen LogP contribution is -2.39. The molecule has 1 atom stereocenters. The Morgan fingerprint density at radius 3 is 2.57 bits per heavy atom. The number of ether oxygens (including phenoxy) is 1. The zero-order valence-corrected chi connectivity index (χ0v) is 25.6. The molecule has 42 heavy (non-hydrogen) atoms. The highest BCUT2D eigenvalue weighted by Crippen LogP contribution is 2.31. The first-order valence-corrected chi connectivity index (χ1v) is 15.1. The predicted molar refractivity (Wildman–Crippen MR) is 169 cm³/mol. The van der Waals surface area contributed by atoms with Crippen LogP contribution in [0.25, 0.3) is 17.0 Å². The van der Waals surface area contributed by atoms with E-state index in [2.05, 4.69) is 4.57 Å². The number of benzene rings is 3. The zero-order chi connectivity index (χ0) is 29.5. The number of rotatable bonds is 6. The highest BCUT2D eigenvalue weighted by Gasteiger charge is 2.33. The quantitative estimate of drug-likeness (QED) is 0.207. The summed E-state index contributed by atoms with van der Waals surface area (Å²) in [6, 6.07) is 20.7. The Morgan fingerprint density at radius 1 is 1.07 bits per heavy atom. The molecule has 0 N–H and O–H groups in total. The molecule has 3 aromatic carbocycles. The van der Waals surface area contributed by atoms with E-state index in [1.54, 1.807) is 24.5 Å². The minimum Gasteiger partial charge on any atom is -0.463 e. The van der Waals surface area contributed by atoms with Crippen LogP contribution in [0, 0.1) is 6.92 Å². The molecule has 0 saturated heterocycles. The fourth-order valence-electron chi connectivity index (χ4n) is 5.35. The number of carbonyl (C=O) groups excluding carboxylic acids is 1. The third kappa shape index (κ3) is 5.13. The molecule has 1 aliphatic heterocycles. The van der Waals surface area contributed by atoms with Crippen LogP contribution >= 0.6 is 34.5 Å². The second kappa shape index (κ2) is 11.4. The number of carbonyl (C=O) groups is 1. The Bertz CT molecular complexity index is 2070. The molecule has 3 heterocycles. The van der Waals surface area contributed by atoms with Crippen molar-refractivity contribution in [1.82, 2.24) is 9.13 Å². The third-order valence-corrected chi connectivity index (χ3v) is 8.94. The number of aryl methyl sites for hydroxylation is 1. The first-order valence-electron chi connectivity index (χ1n) is 13.5. The molecule has 212 valence electrons. The van der Waals surface area contributed by atoms with E-state index in [0.29, 0.717) is 37.2 Å². The van der Waals surface area contributed by atoms with Crippen LogP contribution in [0.4, 0.5) is 0 Å². The summed E-state index contributed by atoms with van der Waals surface area (Å²) in [6.45, 7) is 6.33. The highest BCUT2D eigenvalue weighted by atomic mass is 35.5. The Kier molecular flexibility index (Phi) is 7.66. The smallest absolute Gasteiger partial charge is 0.338 e. The Morgan fingerprint density at radius 2 is 1.83 bits per heavy atom. The van der Waals surface area contributed by atoms with Crippen molar-refractivity contribution in [2.75, 3.05) is 6.61 Å². The van der Waals surface area contributed by atoms with Crippen LogP contribution in [0.2, 0.25) is 10.0 Å². The molecule has 0 radical (unpaired) electrons. The average Bonchev–Trinajstić information content (AvgIpc) is 3.46. The average molecular weight is 617 g/mol. The van der Waals surface area contributed by atoms with Crippen molar-refractivity contribution in [2.24, 2.45) is 4.99 Å². The Balaban J connectivity index is 1.51. The number of halogens is 2. The van der Waals surface area contributed by atoms with Crippen LogP contribution in [0.3, 0.4) is 0 Å². The van der Waals surface area contributed by atoms with Crippen LogP contribution in [0.15, 0.2) is 94.0 Å². The summed E-state index contributed by atoms with van der Waals surface area (Å²) >= 11 is 13.9. The van der Waals surface area contributed by atoms with Gasteiger partial charge in [0.25, 0.3) is 5.56 Å². The largest absolute Gasteiger partial charge is 0.463 e. The number of hydrogen-bond donors (Lipinski definition) is 0. The van der Waals surface area contributed by atoms with Gasteiger partial charge in [-0.1, -0.05) is 88.6 Å². The molecule has 6 rings (SSSR count). The lowest BCUT2D eigenvalue weighted by Gasteiger charge is -2.24. The minimum atomic E-state index is -0.642. The number of hydrogen-bond acceptors (Lipinski definition) is 5. The molecule has 0 unspecified atom stereocenters. The maximum atomic E-state index is 14.1. The van der Waals surface area contributed by atoms with E-state index >= 15 is 0 Å². The maximum Gasteiger partial charge on any atom is 0.338 e. The summed E-state index contributed by atoms with van der Waals surface area (Å²) in [5.41, 5.74) is 5.46. The van der Waals surface area contributed by atoms with Crippen molar-refractivity contribution in [3.63, 3.8) is 0 Å². The van der Waals surface area contributed by atoms with Crippen molar-refractivity contribution in [1.29, 1.82) is 0 Å². The molecule has 2 aromatic heterocycles. The van der Waals surface area contributed by atoms with Crippen LogP contribution in [-0.2, 0) is 16.1 Å². The predicted octanol–water partition coefficient (Wildman–Crippen LogP) is 6.42. The van der Waals surface area contributed by atoms with Gasteiger partial charge in [0, 0.05) is 39.3 Å². The number of fused-ring (bicyclic) bond motifs is 2. The summed E-state index contributed by atoms with van der Waals surface area (Å²) in [5.74, 6) is -0.470. The summed E-state index contributed by atoms with van der Waals surface area (Å²) in [6.07, 6.45) is 3.93. The van der Waals surface area contributed by atoms with Gasteiger partial charge in [-0.2, -0.15) is 0 Å². The van der Waals surface area contributed by atoms with E-state index in [4.69, 9.17) is 32.9 Å². The van der Waals surface area contributed by atoms with E-state index in [0.717, 1.165) is 33.2 Å². The van der Waals surface area contributed by atoms with Gasteiger partial charge in [-0.25, -0.2) is 9.79 Å². The SMILES string of the molecule is CCOC(=O)C1=C(C)N=c2s/c(=C\c3cn(Cc4ccc(Cl)cc4Cl)c4ccccc34)c(=O)n2[C@H]1c1ccc(C)cc1. The Labute approximate surface area is 256 Å². The lowest BCUT2D eigenvalue weighted by atomic mass is 9.95. The number of esters is 1. The Hall–Kier alpha value is -3.91. The van der Waals surface area contributed by atoms with Gasteiger partial charge in [-0.3, -0.25) is 9.36 Å². The van der Waals surface area contributed by atoms with Crippen molar-refractivity contribution >= 4 is 57.5 Å². The van der Waals surface area contributed by atoms with Crippen LogP contribution in [0.1, 0.15) is 42.1 Å². The van der Waals surface area contributed by atoms with Crippen molar-refractivity contribution < 1.29 is 9.53 Å². The molecule has 5 aromatic rings. The molecule has 0 saturated carbocycles. The van der Waals surface area contributed by atoms with Gasteiger partial charge < -0.3 is 9.30 Å². The van der Waals surface area contributed by atoms with Crippen LogP contribution in [0.5, 0.6) is 0 Å². The standard InChI is InChI=1S/C33H27Cl2N3O3S/c1-4-41-32(40)29-20(3)36-33-38(30(29)21-11-9-19(2)10-12-21)31(39)28(42-33)15-23-18-37(27-8-6-5-7-25(23)27)17-22-13-14-24(34)16-26(22)35/h5-16,18,30H,4,17H2,1-3H3/b28-15-/t30-/m0/s1. The highest BCUT2D eigenvalue weighted by molar-refractivity contribution is 7.07. The normalized spacial score (nSPS) is 15.2. The van der Waals surface area contributed by atoms with Gasteiger partial charge >= 0.3 is 5.97 Å². The van der Waals surface area contributed by atoms with Gasteiger partial charge in [0.15, 0.2) is 4.80 Å². The third-order valence-electron chi connectivity index (χ3n) is 7.37. The first kappa shape index (κ1) is 28.2. The summed E-state index contributed by atoms with van der Waals surface area (Å²) < 4.78 is 9.66. The molecule has 9 heteroatoms. The van der Waals surface area contributed by atoms with Crippen LogP contribution in [-0.4, -0.2) is 21.7 Å². The summed E-state index contributed by atoms with van der Waals surface area (Å²) in [7, 11) is 0. The number of para-hydroxylation sites is 1. The monoisotopic (exact) mass is 615 g/mol. The molecule has 0 amide bonds. The number of thiazole rings is 1. The zero-order valence-electron chi connectivity index (χ0n) is 23.2. The number of nitrogens with zero attached hydrogens (tertiary/aromatic N) is 3. The molecular weight excluding hydrogens is 589 g/mol. The van der Waals surface area contributed by atoms with Gasteiger partial charge in [0.05, 0.1) is 28.5 Å². The molecule has 0 spiro atoms. The molecule has 0 fully saturated rings. The van der Waals surface area contributed by atoms with Crippen LogP contribution < -0.4 is 14.9 Å². The fourth-order valence-corrected chi connectivity index (χ4v) is 6.86. The van der Waals surface area contributed by atoms with E-state index in [1.165, 1.54) is 11.3 Å². The van der Waals surface area contributed by atoms with E-state index in [1.807, 2.05) is 79.9 Å². The lowest BCUT2D eigenvalue weighted by molar-refractivity contribution is -0.139. The van der Waals surface area contributed by atoms with E-state index < -0.39 is 12.0 Å². The summed E-state index contributed by atoms with van der Waals surface area (Å²) in [4.78, 5) is 32.5. The van der Waals surface area contributed by atoms with Crippen molar-refractivity contribution in [3.05, 3.63) is 136 Å². The number of allylic oxidation sites excluding steroid dienone is 1. The van der Waals surface area contributed by atoms with Gasteiger partial charge in [-0.15, -0.1) is 0 Å². The maximum absolute atomic E-state index is 14.1. The second-order valence-corrected chi connectivity index (χ2v) is 12.0. The minimum absolute atomic E-state index is 0.212. The van der Waals surface area contributed by atoms with Gasteiger partial charge in [0.2, 0.25) is 0 Å². The molecular formula is C33H27Cl2N3O3S. The summed E-state index contributed by atoms with van der Waals surface area (Å²) in [5, 5.41) is 2.19. The molecule has 0 aliphatic carbocycles. The molecule has 0 bridgehead atoms. The van der Waals surface area contributed by atoms with E-state index in [-0.39, 0.29) is 12.2 Å². The topological polar surface area (TPSA) is 65.6 Å². The van der Waals surface area contributed by atoms with E-state index in [9.17, 15) is 9.59 Å². The second-order valence-electron chi connectivity index (χ2n) is 10.2. The molecule has 1 aliphatic rings. The van der Waals surface area contributed by atoms with Crippen molar-refractivity contribution in [3.8, 4) is 0 Å². The van der Waals surface area contributed by atoms with Crippen molar-refractivity contribution in [2.45, 2.75) is 33.4 Å². The first-order chi connectivity index (χ1) is 20.2. The van der Waals surface area contributed by atoms with Gasteiger partial charge in [-0.05, 0) is 56.2 Å². The van der Waals surface area contributed by atoms with Gasteiger partial charge in [0.1, 0.15) is 0 Å². The molecule has 6 nitrogen and oxygen atoms in total. The number of aromatic nitrogens is 2.